The molecule has 3 rings (SSSR count). The molecule has 31 heavy (non-hydrogen) atoms. The summed E-state index contributed by atoms with van der Waals surface area (Å²) in [6, 6.07) is 17.2. The van der Waals surface area contributed by atoms with Gasteiger partial charge >= 0.3 is 11.9 Å². The number of hydrogen-bond donors (Lipinski definition) is 0. The Kier molecular flexibility index (Phi) is 7.49. The van der Waals surface area contributed by atoms with E-state index in [1.54, 1.807) is 38.2 Å². The molecule has 1 aliphatic heterocycles. The van der Waals surface area contributed by atoms with Crippen LogP contribution >= 0.6 is 0 Å². The third-order valence-electron chi connectivity index (χ3n) is 4.80. The average molecular weight is 421 g/mol. The summed E-state index contributed by atoms with van der Waals surface area (Å²) < 4.78 is 16.7. The van der Waals surface area contributed by atoms with Crippen LogP contribution in [0.25, 0.3) is 0 Å². The van der Waals surface area contributed by atoms with Crippen molar-refractivity contribution in [2.75, 3.05) is 20.3 Å². The molecule has 1 heterocycles. The van der Waals surface area contributed by atoms with Crippen LogP contribution in [-0.2, 0) is 25.7 Å². The van der Waals surface area contributed by atoms with Gasteiger partial charge in [0.15, 0.2) is 0 Å². The molecule has 1 aliphatic rings. The summed E-state index contributed by atoms with van der Waals surface area (Å²) in [5.74, 6) is -1.04. The van der Waals surface area contributed by atoms with Crippen LogP contribution in [0.5, 0.6) is 5.75 Å². The van der Waals surface area contributed by atoms with E-state index in [9.17, 15) is 9.59 Å². The van der Waals surface area contributed by atoms with Crippen molar-refractivity contribution in [1.29, 1.82) is 0 Å². The topological polar surface area (TPSA) is 65.1 Å². The Labute approximate surface area is 182 Å². The summed E-state index contributed by atoms with van der Waals surface area (Å²) in [4.78, 5) is 27.3. The molecule has 0 atom stereocenters. The molecule has 0 amide bonds. The molecule has 2 aromatic rings. The van der Waals surface area contributed by atoms with E-state index >= 15 is 0 Å². The third-order valence-corrected chi connectivity index (χ3v) is 4.80. The molecule has 0 saturated heterocycles. The van der Waals surface area contributed by atoms with Crippen LogP contribution < -0.4 is 4.74 Å². The van der Waals surface area contributed by atoms with Crippen molar-refractivity contribution in [2.45, 2.75) is 26.4 Å². The maximum absolute atomic E-state index is 12.8. The third kappa shape index (κ3) is 5.34. The zero-order chi connectivity index (χ0) is 22.2. The van der Waals surface area contributed by atoms with Gasteiger partial charge in [0, 0.05) is 25.0 Å². The molecule has 0 saturated carbocycles. The Hall–Kier alpha value is -3.54. The van der Waals surface area contributed by atoms with Gasteiger partial charge in [0.2, 0.25) is 0 Å². The van der Waals surface area contributed by atoms with E-state index in [1.165, 1.54) is 0 Å². The molecule has 0 bridgehead atoms. The number of para-hydroxylation sites is 1. The fourth-order valence-electron chi connectivity index (χ4n) is 3.48. The van der Waals surface area contributed by atoms with Crippen molar-refractivity contribution < 1.29 is 23.8 Å². The molecule has 2 aromatic carbocycles. The van der Waals surface area contributed by atoms with Gasteiger partial charge in [-0.3, -0.25) is 0 Å². The standard InChI is InChI=1S/C25H27NO5/c1-4-29-24(27)20-15-26(3)16-21(25(28)30-5-2)23(20)19-13-9-10-14-22(19)31-17-18-11-7-6-8-12-18/h6-16,23H,4-5,17H2,1-3H3. The monoisotopic (exact) mass is 421 g/mol. The minimum absolute atomic E-state index is 0.233. The summed E-state index contributed by atoms with van der Waals surface area (Å²) in [5.41, 5.74) is 2.42. The van der Waals surface area contributed by atoms with Gasteiger partial charge in [0.1, 0.15) is 12.4 Å². The largest absolute Gasteiger partial charge is 0.489 e. The number of hydrogen-bond acceptors (Lipinski definition) is 6. The first-order valence-electron chi connectivity index (χ1n) is 10.3. The van der Waals surface area contributed by atoms with Gasteiger partial charge in [-0.05, 0) is 25.5 Å². The number of nitrogens with zero attached hydrogens (tertiary/aromatic N) is 1. The van der Waals surface area contributed by atoms with Crippen LogP contribution in [0.15, 0.2) is 78.1 Å². The van der Waals surface area contributed by atoms with E-state index < -0.39 is 17.9 Å². The molecule has 0 unspecified atom stereocenters. The Balaban J connectivity index is 2.02. The van der Waals surface area contributed by atoms with Gasteiger partial charge in [-0.25, -0.2) is 9.59 Å². The molecule has 6 heteroatoms. The molecule has 6 nitrogen and oxygen atoms in total. The Bertz CT molecular complexity index is 944. The van der Waals surface area contributed by atoms with Crippen LogP contribution in [0.3, 0.4) is 0 Å². The lowest BCUT2D eigenvalue weighted by atomic mass is 9.83. The van der Waals surface area contributed by atoms with Crippen LogP contribution in [0.1, 0.15) is 30.9 Å². The second-order valence-corrected chi connectivity index (χ2v) is 7.02. The molecule has 0 spiro atoms. The summed E-state index contributed by atoms with van der Waals surface area (Å²) in [6.07, 6.45) is 3.36. The number of carbonyl (C=O) groups excluding carboxylic acids is 2. The first-order valence-corrected chi connectivity index (χ1v) is 10.3. The van der Waals surface area contributed by atoms with Gasteiger partial charge in [-0.2, -0.15) is 0 Å². The van der Waals surface area contributed by atoms with Crippen LogP contribution in [0, 0.1) is 0 Å². The van der Waals surface area contributed by atoms with E-state index in [-0.39, 0.29) is 13.2 Å². The minimum atomic E-state index is -0.665. The predicted octanol–water partition coefficient (Wildman–Crippen LogP) is 4.19. The molecule has 0 aromatic heterocycles. The summed E-state index contributed by atoms with van der Waals surface area (Å²) in [5, 5.41) is 0. The summed E-state index contributed by atoms with van der Waals surface area (Å²) >= 11 is 0. The summed E-state index contributed by atoms with van der Waals surface area (Å²) in [6.45, 7) is 4.33. The fraction of sp³-hybridized carbons (Fsp3) is 0.280. The molecule has 0 radical (unpaired) electrons. The normalized spacial score (nSPS) is 13.8. The minimum Gasteiger partial charge on any atom is -0.489 e. The van der Waals surface area contributed by atoms with Crippen molar-refractivity contribution in [3.8, 4) is 5.75 Å². The van der Waals surface area contributed by atoms with Gasteiger partial charge in [0.05, 0.1) is 30.3 Å². The lowest BCUT2D eigenvalue weighted by molar-refractivity contribution is -0.139. The average Bonchev–Trinajstić information content (AvgIpc) is 2.78. The maximum atomic E-state index is 12.8. The Morgan fingerprint density at radius 3 is 1.97 bits per heavy atom. The number of esters is 2. The van der Waals surface area contributed by atoms with Gasteiger partial charge in [-0.1, -0.05) is 48.5 Å². The van der Waals surface area contributed by atoms with E-state index in [2.05, 4.69) is 0 Å². The van der Waals surface area contributed by atoms with Crippen molar-refractivity contribution in [2.24, 2.45) is 0 Å². The van der Waals surface area contributed by atoms with Crippen LogP contribution in [0.2, 0.25) is 0 Å². The fourth-order valence-corrected chi connectivity index (χ4v) is 3.48. The number of ether oxygens (including phenoxy) is 3. The first kappa shape index (κ1) is 22.2. The SMILES string of the molecule is CCOC(=O)C1=CN(C)C=C(C(=O)OCC)C1c1ccccc1OCc1ccccc1. The van der Waals surface area contributed by atoms with Gasteiger partial charge < -0.3 is 19.1 Å². The Morgan fingerprint density at radius 1 is 0.839 bits per heavy atom. The van der Waals surface area contributed by atoms with Gasteiger partial charge in [0.25, 0.3) is 0 Å². The second kappa shape index (κ2) is 10.5. The van der Waals surface area contributed by atoms with E-state index in [1.807, 2.05) is 54.6 Å². The zero-order valence-corrected chi connectivity index (χ0v) is 18.0. The lowest BCUT2D eigenvalue weighted by Crippen LogP contribution is -2.28. The van der Waals surface area contributed by atoms with E-state index in [0.717, 1.165) is 5.56 Å². The van der Waals surface area contributed by atoms with Crippen molar-refractivity contribution in [1.82, 2.24) is 4.90 Å². The summed E-state index contributed by atoms with van der Waals surface area (Å²) in [7, 11) is 1.76. The van der Waals surface area contributed by atoms with E-state index in [0.29, 0.717) is 29.1 Å². The smallest absolute Gasteiger partial charge is 0.336 e. The molecule has 0 aliphatic carbocycles. The molecular formula is C25H27NO5. The second-order valence-electron chi connectivity index (χ2n) is 7.02. The van der Waals surface area contributed by atoms with Crippen molar-refractivity contribution in [3.63, 3.8) is 0 Å². The molecular weight excluding hydrogens is 394 g/mol. The highest BCUT2D eigenvalue weighted by molar-refractivity contribution is 5.98. The number of benzene rings is 2. The Morgan fingerprint density at radius 2 is 1.39 bits per heavy atom. The van der Waals surface area contributed by atoms with Crippen LogP contribution in [0.4, 0.5) is 0 Å². The first-order chi connectivity index (χ1) is 15.0. The highest BCUT2D eigenvalue weighted by Crippen LogP contribution is 2.41. The molecule has 0 N–H and O–H groups in total. The highest BCUT2D eigenvalue weighted by atomic mass is 16.5. The number of carbonyl (C=O) groups is 2. The van der Waals surface area contributed by atoms with Crippen molar-refractivity contribution >= 4 is 11.9 Å². The molecule has 0 fully saturated rings. The van der Waals surface area contributed by atoms with Crippen molar-refractivity contribution in [3.05, 3.63) is 89.3 Å². The molecule has 162 valence electrons. The lowest BCUT2D eigenvalue weighted by Gasteiger charge is -2.29. The van der Waals surface area contributed by atoms with Gasteiger partial charge in [-0.15, -0.1) is 0 Å². The highest BCUT2D eigenvalue weighted by Gasteiger charge is 2.36. The van der Waals surface area contributed by atoms with E-state index in [4.69, 9.17) is 14.2 Å². The zero-order valence-electron chi connectivity index (χ0n) is 18.0. The maximum Gasteiger partial charge on any atom is 0.336 e. The van der Waals surface area contributed by atoms with Crippen LogP contribution in [-0.4, -0.2) is 37.1 Å². The predicted molar refractivity (Wildman–Crippen MR) is 117 cm³/mol. The number of rotatable bonds is 8. The quantitative estimate of drug-likeness (QED) is 0.596.